The molecule has 24 heavy (non-hydrogen) atoms. The van der Waals surface area contributed by atoms with Gasteiger partial charge in [-0.25, -0.2) is 0 Å². The van der Waals surface area contributed by atoms with E-state index in [2.05, 4.69) is 6.92 Å². The summed E-state index contributed by atoms with van der Waals surface area (Å²) in [5, 5.41) is 9.82. The lowest BCUT2D eigenvalue weighted by molar-refractivity contribution is -0.873. The zero-order valence-corrected chi connectivity index (χ0v) is 18.5. The Morgan fingerprint density at radius 2 is 1.38 bits per heavy atom. The first kappa shape index (κ1) is 26.4. The Morgan fingerprint density at radius 3 is 1.83 bits per heavy atom. The zero-order valence-electron chi connectivity index (χ0n) is 16.4. The molecule has 0 aliphatic carbocycles. The third-order valence-electron chi connectivity index (χ3n) is 3.92. The van der Waals surface area contributed by atoms with Crippen molar-refractivity contribution >= 4 is 5.97 Å². The molecule has 0 aromatic rings. The van der Waals surface area contributed by atoms with Gasteiger partial charge in [0.2, 0.25) is 0 Å². The molecule has 5 heteroatoms. The number of halogens is 1. The van der Waals surface area contributed by atoms with Crippen molar-refractivity contribution in [3.05, 3.63) is 0 Å². The van der Waals surface area contributed by atoms with Crippen molar-refractivity contribution < 1.29 is 43.1 Å². The first-order valence-corrected chi connectivity index (χ1v) is 9.49. The molecule has 0 rings (SSSR count). The van der Waals surface area contributed by atoms with E-state index < -0.39 is 6.10 Å². The summed E-state index contributed by atoms with van der Waals surface area (Å²) in [4.78, 5) is 11.6. The summed E-state index contributed by atoms with van der Waals surface area (Å²) < 4.78 is 5.84. The Morgan fingerprint density at radius 1 is 0.917 bits per heavy atom. The normalized spacial score (nSPS) is 12.5. The minimum absolute atomic E-state index is 0. The van der Waals surface area contributed by atoms with Crippen LogP contribution in [0.1, 0.15) is 77.6 Å². The molecule has 0 saturated carbocycles. The number of likely N-dealkylation sites (N-methyl/N-ethyl adjacent to an activating group) is 1. The van der Waals surface area contributed by atoms with Gasteiger partial charge in [-0.05, 0) is 6.42 Å². The van der Waals surface area contributed by atoms with Crippen LogP contribution in [0.3, 0.4) is 0 Å². The number of carbonyl (C=O) groups is 1. The summed E-state index contributed by atoms with van der Waals surface area (Å²) in [5.74, 6) is -0.276. The molecule has 0 aromatic heterocycles. The molecule has 1 atom stereocenters. The number of quaternary nitrogens is 1. The lowest BCUT2D eigenvalue weighted by atomic mass is 10.1. The molecular weight excluding hydrogens is 417 g/mol. The highest BCUT2D eigenvalue weighted by atomic mass is 127. The van der Waals surface area contributed by atoms with Crippen LogP contribution in [0.5, 0.6) is 0 Å². The van der Waals surface area contributed by atoms with Crippen LogP contribution >= 0.6 is 0 Å². The van der Waals surface area contributed by atoms with Crippen molar-refractivity contribution in [3.8, 4) is 0 Å². The van der Waals surface area contributed by atoms with Gasteiger partial charge in [-0.1, -0.05) is 64.7 Å². The van der Waals surface area contributed by atoms with E-state index in [4.69, 9.17) is 4.74 Å². The molecule has 0 aliphatic heterocycles. The molecule has 0 spiro atoms. The number of hydrogen-bond acceptors (Lipinski definition) is 3. The van der Waals surface area contributed by atoms with Crippen molar-refractivity contribution in [3.63, 3.8) is 0 Å². The van der Waals surface area contributed by atoms with Crippen LogP contribution in [0.2, 0.25) is 0 Å². The predicted molar refractivity (Wildman–Crippen MR) is 96.3 cm³/mol. The van der Waals surface area contributed by atoms with E-state index in [0.717, 1.165) is 12.8 Å². The van der Waals surface area contributed by atoms with Gasteiger partial charge in [0, 0.05) is 0 Å². The van der Waals surface area contributed by atoms with Gasteiger partial charge >= 0.3 is 5.97 Å². The highest BCUT2D eigenvalue weighted by Gasteiger charge is 2.19. The van der Waals surface area contributed by atoms with Crippen LogP contribution in [0, 0.1) is 0 Å². The first-order valence-electron chi connectivity index (χ1n) is 9.49. The maximum Gasteiger partial charge on any atom is 0.308 e. The number of aliphatic hydroxyl groups excluding tert-OH is 1. The Bertz CT molecular complexity index is 293. The second-order valence-corrected chi connectivity index (χ2v) is 7.73. The van der Waals surface area contributed by atoms with Gasteiger partial charge < -0.3 is 38.3 Å². The monoisotopic (exact) mass is 457 g/mol. The number of ether oxygens (including phenoxy) is 1. The second-order valence-electron chi connectivity index (χ2n) is 7.73. The van der Waals surface area contributed by atoms with Crippen LogP contribution in [0.4, 0.5) is 0 Å². The van der Waals surface area contributed by atoms with Gasteiger partial charge in [-0.3, -0.25) is 4.79 Å². The van der Waals surface area contributed by atoms with Crippen LogP contribution in [-0.4, -0.2) is 56.0 Å². The molecule has 4 nitrogen and oxygen atoms in total. The van der Waals surface area contributed by atoms with Gasteiger partial charge in [0.25, 0.3) is 0 Å². The maximum absolute atomic E-state index is 11.6. The Hall–Kier alpha value is 0.120. The van der Waals surface area contributed by atoms with Crippen LogP contribution in [0.15, 0.2) is 0 Å². The number of aliphatic hydroxyl groups is 1. The molecule has 1 N–H and O–H groups in total. The topological polar surface area (TPSA) is 46.5 Å². The lowest BCUT2D eigenvalue weighted by Crippen LogP contribution is -3.00. The molecule has 0 saturated heterocycles. The van der Waals surface area contributed by atoms with E-state index in [9.17, 15) is 9.90 Å². The summed E-state index contributed by atoms with van der Waals surface area (Å²) in [7, 11) is 6.00. The summed E-state index contributed by atoms with van der Waals surface area (Å²) in [6.07, 6.45) is 12.2. The second kappa shape index (κ2) is 16.6. The molecule has 0 bridgehead atoms. The minimum Gasteiger partial charge on any atom is -1.00 e. The van der Waals surface area contributed by atoms with E-state index in [-0.39, 0.29) is 36.4 Å². The van der Waals surface area contributed by atoms with E-state index in [1.165, 1.54) is 51.4 Å². The van der Waals surface area contributed by atoms with Gasteiger partial charge in [-0.15, -0.1) is 0 Å². The number of esters is 1. The number of unbranched alkanes of at least 4 members (excludes halogenated alkanes) is 9. The summed E-state index contributed by atoms with van der Waals surface area (Å²) in [5.41, 5.74) is 0. The number of nitrogens with zero attached hydrogens (tertiary/aromatic N) is 1. The van der Waals surface area contributed by atoms with E-state index in [0.29, 0.717) is 17.6 Å². The molecule has 0 aliphatic rings. The highest BCUT2D eigenvalue weighted by molar-refractivity contribution is 5.69. The fourth-order valence-electron chi connectivity index (χ4n) is 2.72. The Balaban J connectivity index is 0. The molecule has 0 radical (unpaired) electrons. The Kier molecular flexibility index (Phi) is 18.2. The predicted octanol–water partition coefficient (Wildman–Crippen LogP) is 0.912. The van der Waals surface area contributed by atoms with Gasteiger partial charge in [0.1, 0.15) is 12.6 Å². The fraction of sp³-hybridized carbons (Fsp3) is 0.947. The third kappa shape index (κ3) is 20.2. The third-order valence-corrected chi connectivity index (χ3v) is 3.92. The van der Waals surface area contributed by atoms with Crippen molar-refractivity contribution in [1.29, 1.82) is 0 Å². The minimum atomic E-state index is -0.616. The molecule has 0 heterocycles. The molecule has 0 fully saturated rings. The number of carbonyl (C=O) groups excluding carboxylic acids is 1. The molecule has 0 amide bonds. The van der Waals surface area contributed by atoms with Gasteiger partial charge in [-0.2, -0.15) is 0 Å². The van der Waals surface area contributed by atoms with E-state index in [1.54, 1.807) is 0 Å². The summed E-state index contributed by atoms with van der Waals surface area (Å²) >= 11 is 0. The van der Waals surface area contributed by atoms with Gasteiger partial charge in [0.05, 0.1) is 34.2 Å². The van der Waals surface area contributed by atoms with E-state index >= 15 is 0 Å². The molecule has 146 valence electrons. The lowest BCUT2D eigenvalue weighted by Gasteiger charge is -2.26. The first-order chi connectivity index (χ1) is 10.8. The quantitative estimate of drug-likeness (QED) is 0.172. The standard InChI is InChI=1S/C19H40NO3.HI/c1-5-6-7-8-9-10-11-12-13-14-15-23-19(22)16-18(21)17-20(2,3)4;/h18,21H,5-17H2,1-4H3;1H/q+1;/p-1. The largest absolute Gasteiger partial charge is 1.00 e. The van der Waals surface area contributed by atoms with Gasteiger partial charge in [0.15, 0.2) is 0 Å². The summed E-state index contributed by atoms with van der Waals surface area (Å²) in [6, 6.07) is 0. The van der Waals surface area contributed by atoms with Crippen LogP contribution in [0.25, 0.3) is 0 Å². The number of rotatable bonds is 15. The van der Waals surface area contributed by atoms with Crippen LogP contribution in [-0.2, 0) is 9.53 Å². The van der Waals surface area contributed by atoms with E-state index in [1.807, 2.05) is 21.1 Å². The average molecular weight is 457 g/mol. The van der Waals surface area contributed by atoms with Crippen molar-refractivity contribution in [2.75, 3.05) is 34.3 Å². The Labute approximate surface area is 166 Å². The average Bonchev–Trinajstić information content (AvgIpc) is 2.42. The molecule has 0 aromatic carbocycles. The molecular formula is C19H40INO3. The van der Waals surface area contributed by atoms with Crippen LogP contribution < -0.4 is 24.0 Å². The maximum atomic E-state index is 11.6. The SMILES string of the molecule is CCCCCCCCCCCCOC(=O)CC(O)C[N+](C)(C)C.[I-]. The van der Waals surface area contributed by atoms with Crippen molar-refractivity contribution in [2.45, 2.75) is 83.7 Å². The fourth-order valence-corrected chi connectivity index (χ4v) is 2.72. The van der Waals surface area contributed by atoms with Crippen molar-refractivity contribution in [2.24, 2.45) is 0 Å². The highest BCUT2D eigenvalue weighted by Crippen LogP contribution is 2.10. The van der Waals surface area contributed by atoms with Crippen molar-refractivity contribution in [1.82, 2.24) is 0 Å². The summed E-state index contributed by atoms with van der Waals surface area (Å²) in [6.45, 7) is 3.30. The zero-order chi connectivity index (χ0) is 17.6. The molecule has 1 unspecified atom stereocenters. The number of hydrogen-bond donors (Lipinski definition) is 1. The smallest absolute Gasteiger partial charge is 0.308 e.